The first-order valence-electron chi connectivity index (χ1n) is 7.13. The van der Waals surface area contributed by atoms with E-state index in [0.29, 0.717) is 17.9 Å². The highest BCUT2D eigenvalue weighted by molar-refractivity contribution is 9.10. The molecule has 5 nitrogen and oxygen atoms in total. The van der Waals surface area contributed by atoms with E-state index in [1.807, 2.05) is 13.8 Å². The number of ether oxygens (including phenoxy) is 1. The molecular formula is C16H21BrN2O3. The monoisotopic (exact) mass is 368 g/mol. The number of esters is 1. The summed E-state index contributed by atoms with van der Waals surface area (Å²) in [5, 5.41) is 4.05. The number of hydrogen-bond acceptors (Lipinski definition) is 4. The van der Waals surface area contributed by atoms with Crippen molar-refractivity contribution in [2.24, 2.45) is 16.9 Å². The van der Waals surface area contributed by atoms with Crippen LogP contribution in [-0.2, 0) is 9.53 Å². The maximum Gasteiger partial charge on any atom is 0.314 e. The van der Waals surface area contributed by atoms with Gasteiger partial charge in [-0.05, 0) is 44.0 Å². The lowest BCUT2D eigenvalue weighted by Crippen LogP contribution is -2.31. The van der Waals surface area contributed by atoms with Gasteiger partial charge >= 0.3 is 5.97 Å². The van der Waals surface area contributed by atoms with E-state index in [1.54, 1.807) is 38.1 Å². The summed E-state index contributed by atoms with van der Waals surface area (Å²) in [5.74, 6) is -1.08. The molecule has 0 fully saturated rings. The molecule has 0 aromatic heterocycles. The van der Waals surface area contributed by atoms with Crippen LogP contribution in [0.15, 0.2) is 33.8 Å². The molecule has 0 bridgehead atoms. The molecule has 0 aliphatic carbocycles. The zero-order valence-electron chi connectivity index (χ0n) is 13.2. The summed E-state index contributed by atoms with van der Waals surface area (Å²) in [6.07, 6.45) is 0. The van der Waals surface area contributed by atoms with Gasteiger partial charge in [-0.3, -0.25) is 9.59 Å². The molecule has 0 spiro atoms. The van der Waals surface area contributed by atoms with Gasteiger partial charge in [-0.15, -0.1) is 0 Å². The number of halogens is 1. The van der Waals surface area contributed by atoms with Crippen LogP contribution >= 0.6 is 15.9 Å². The molecule has 120 valence electrons. The summed E-state index contributed by atoms with van der Waals surface area (Å²) >= 11 is 3.31. The third-order valence-electron chi connectivity index (χ3n) is 3.10. The minimum Gasteiger partial charge on any atom is -0.465 e. The Bertz CT molecular complexity index is 553. The fourth-order valence-electron chi connectivity index (χ4n) is 2.03. The zero-order valence-corrected chi connectivity index (χ0v) is 14.8. The standard InChI is InChI=1S/C16H21BrN2O3/c1-5-22-16(21)14(10(2)3)11(4)18-19-15(20)12-6-8-13(17)9-7-12/h6-10,14H,5H2,1-4H3,(H,19,20)/b18-11+. The maximum absolute atomic E-state index is 12.0. The molecular weight excluding hydrogens is 348 g/mol. The topological polar surface area (TPSA) is 67.8 Å². The lowest BCUT2D eigenvalue weighted by Gasteiger charge is -2.18. The third kappa shape index (κ3) is 5.26. The van der Waals surface area contributed by atoms with E-state index in [0.717, 1.165) is 4.47 Å². The van der Waals surface area contributed by atoms with Crippen LogP contribution in [-0.4, -0.2) is 24.2 Å². The largest absolute Gasteiger partial charge is 0.465 e. The van der Waals surface area contributed by atoms with Crippen LogP contribution in [0, 0.1) is 11.8 Å². The molecule has 0 saturated heterocycles. The second-order valence-corrected chi connectivity index (χ2v) is 6.09. The van der Waals surface area contributed by atoms with Crippen molar-refractivity contribution in [3.05, 3.63) is 34.3 Å². The Kier molecular flexibility index (Phi) is 7.24. The highest BCUT2D eigenvalue weighted by Crippen LogP contribution is 2.15. The summed E-state index contributed by atoms with van der Waals surface area (Å²) in [6, 6.07) is 6.94. The summed E-state index contributed by atoms with van der Waals surface area (Å²) in [5.41, 5.74) is 3.50. The normalized spacial score (nSPS) is 12.9. The average molecular weight is 369 g/mol. The predicted octanol–water partition coefficient (Wildman–Crippen LogP) is 3.39. The highest BCUT2D eigenvalue weighted by atomic mass is 79.9. The van der Waals surface area contributed by atoms with Crippen molar-refractivity contribution in [3.8, 4) is 0 Å². The number of benzene rings is 1. The Balaban J connectivity index is 2.79. The minimum absolute atomic E-state index is 0.0346. The third-order valence-corrected chi connectivity index (χ3v) is 3.63. The van der Waals surface area contributed by atoms with E-state index in [-0.39, 0.29) is 17.8 Å². The summed E-state index contributed by atoms with van der Waals surface area (Å²) in [4.78, 5) is 24.0. The van der Waals surface area contributed by atoms with Crippen LogP contribution in [0.3, 0.4) is 0 Å². The molecule has 1 rings (SSSR count). The number of carbonyl (C=O) groups is 2. The Hall–Kier alpha value is -1.69. The number of hydrazone groups is 1. The number of rotatable bonds is 6. The van der Waals surface area contributed by atoms with Crippen LogP contribution in [0.2, 0.25) is 0 Å². The van der Waals surface area contributed by atoms with Gasteiger partial charge in [0.2, 0.25) is 0 Å². The molecule has 1 unspecified atom stereocenters. The second kappa shape index (κ2) is 8.68. The number of carbonyl (C=O) groups excluding carboxylic acids is 2. The molecule has 1 amide bonds. The van der Waals surface area contributed by atoms with Crippen LogP contribution in [0.5, 0.6) is 0 Å². The quantitative estimate of drug-likeness (QED) is 0.475. The van der Waals surface area contributed by atoms with Crippen molar-refractivity contribution < 1.29 is 14.3 Å². The van der Waals surface area contributed by atoms with Gasteiger partial charge in [0.05, 0.1) is 12.5 Å². The summed E-state index contributed by atoms with van der Waals surface area (Å²) < 4.78 is 5.95. The van der Waals surface area contributed by atoms with E-state index >= 15 is 0 Å². The Labute approximate surface area is 139 Å². The van der Waals surface area contributed by atoms with Gasteiger partial charge in [0.25, 0.3) is 5.91 Å². The first kappa shape index (κ1) is 18.4. The van der Waals surface area contributed by atoms with Gasteiger partial charge in [0, 0.05) is 15.7 Å². The molecule has 0 heterocycles. The first-order chi connectivity index (χ1) is 10.4. The van der Waals surface area contributed by atoms with Gasteiger partial charge < -0.3 is 4.74 Å². The van der Waals surface area contributed by atoms with Crippen molar-refractivity contribution in [2.45, 2.75) is 27.7 Å². The Morgan fingerprint density at radius 3 is 2.36 bits per heavy atom. The van der Waals surface area contributed by atoms with Crippen LogP contribution in [0.25, 0.3) is 0 Å². The van der Waals surface area contributed by atoms with Gasteiger partial charge in [-0.25, -0.2) is 5.43 Å². The van der Waals surface area contributed by atoms with Crippen molar-refractivity contribution >= 4 is 33.5 Å². The van der Waals surface area contributed by atoms with Crippen LogP contribution in [0.4, 0.5) is 0 Å². The molecule has 0 saturated carbocycles. The van der Waals surface area contributed by atoms with Crippen LogP contribution in [0.1, 0.15) is 38.1 Å². The number of nitrogens with zero attached hydrogens (tertiary/aromatic N) is 1. The number of hydrogen-bond donors (Lipinski definition) is 1. The maximum atomic E-state index is 12.0. The molecule has 1 aromatic carbocycles. The van der Waals surface area contributed by atoms with Crippen LogP contribution < -0.4 is 5.43 Å². The van der Waals surface area contributed by atoms with E-state index in [4.69, 9.17) is 4.74 Å². The first-order valence-corrected chi connectivity index (χ1v) is 7.92. The fourth-order valence-corrected chi connectivity index (χ4v) is 2.30. The van der Waals surface area contributed by atoms with Crippen molar-refractivity contribution in [3.63, 3.8) is 0 Å². The van der Waals surface area contributed by atoms with Crippen molar-refractivity contribution in [2.75, 3.05) is 6.61 Å². The van der Waals surface area contributed by atoms with Gasteiger partial charge in [0.15, 0.2) is 0 Å². The molecule has 6 heteroatoms. The molecule has 0 aliphatic heterocycles. The summed E-state index contributed by atoms with van der Waals surface area (Å²) in [6.45, 7) is 7.62. The fraction of sp³-hybridized carbons (Fsp3) is 0.438. The molecule has 1 atom stereocenters. The van der Waals surface area contributed by atoms with Crippen molar-refractivity contribution in [1.82, 2.24) is 5.43 Å². The van der Waals surface area contributed by atoms with Gasteiger partial charge in [0.1, 0.15) is 0 Å². The average Bonchev–Trinajstić information content (AvgIpc) is 2.45. The van der Waals surface area contributed by atoms with Crippen molar-refractivity contribution in [1.29, 1.82) is 0 Å². The molecule has 0 aliphatic rings. The second-order valence-electron chi connectivity index (χ2n) is 5.17. The van der Waals surface area contributed by atoms with E-state index < -0.39 is 5.92 Å². The number of nitrogens with one attached hydrogen (secondary N) is 1. The minimum atomic E-state index is -0.467. The lowest BCUT2D eigenvalue weighted by molar-refractivity contribution is -0.146. The number of amides is 1. The summed E-state index contributed by atoms with van der Waals surface area (Å²) in [7, 11) is 0. The smallest absolute Gasteiger partial charge is 0.314 e. The lowest BCUT2D eigenvalue weighted by atomic mass is 9.92. The SMILES string of the molecule is CCOC(=O)C(/C(C)=N/NC(=O)c1ccc(Br)cc1)C(C)C. The van der Waals surface area contributed by atoms with Gasteiger partial charge in [-0.1, -0.05) is 29.8 Å². The Morgan fingerprint density at radius 1 is 1.27 bits per heavy atom. The predicted molar refractivity (Wildman–Crippen MR) is 89.7 cm³/mol. The molecule has 22 heavy (non-hydrogen) atoms. The molecule has 1 aromatic rings. The van der Waals surface area contributed by atoms with E-state index in [1.165, 1.54) is 0 Å². The highest BCUT2D eigenvalue weighted by Gasteiger charge is 2.26. The Morgan fingerprint density at radius 2 is 1.86 bits per heavy atom. The van der Waals surface area contributed by atoms with E-state index in [9.17, 15) is 9.59 Å². The molecule has 1 N–H and O–H groups in total. The molecule has 0 radical (unpaired) electrons. The van der Waals surface area contributed by atoms with E-state index in [2.05, 4.69) is 26.5 Å². The zero-order chi connectivity index (χ0) is 16.7. The van der Waals surface area contributed by atoms with Gasteiger partial charge in [-0.2, -0.15) is 5.10 Å².